The predicted octanol–water partition coefficient (Wildman–Crippen LogP) is 3.78. The molecule has 0 aliphatic carbocycles. The van der Waals surface area contributed by atoms with Gasteiger partial charge in [-0.3, -0.25) is 9.59 Å². The number of amides is 2. The van der Waals surface area contributed by atoms with Crippen molar-refractivity contribution in [3.63, 3.8) is 0 Å². The highest BCUT2D eigenvalue weighted by Crippen LogP contribution is 2.37. The summed E-state index contributed by atoms with van der Waals surface area (Å²) in [6.45, 7) is -0.275. The number of carbonyl (C=O) groups excluding carboxylic acids is 2. The first-order chi connectivity index (χ1) is 14.9. The van der Waals surface area contributed by atoms with Crippen molar-refractivity contribution >= 4 is 29.7 Å². The van der Waals surface area contributed by atoms with Gasteiger partial charge >= 0.3 is 18.0 Å². The van der Waals surface area contributed by atoms with Gasteiger partial charge in [-0.1, -0.05) is 66.7 Å². The highest BCUT2D eigenvalue weighted by molar-refractivity contribution is 8.03. The molecule has 1 heterocycles. The molecule has 7 nitrogen and oxygen atoms in total. The van der Waals surface area contributed by atoms with Crippen LogP contribution < -0.4 is 5.32 Å². The first-order valence-electron chi connectivity index (χ1n) is 9.76. The molecule has 31 heavy (non-hydrogen) atoms. The quantitative estimate of drug-likeness (QED) is 0.607. The second-order valence-corrected chi connectivity index (χ2v) is 8.53. The fourth-order valence-electron chi connectivity index (χ4n) is 3.26. The zero-order valence-corrected chi connectivity index (χ0v) is 17.9. The number of thioether (sulfide) groups is 1. The molecule has 162 valence electrons. The molecule has 1 aliphatic rings. The van der Waals surface area contributed by atoms with Crippen molar-refractivity contribution in [3.8, 4) is 0 Å². The lowest BCUT2D eigenvalue weighted by Crippen LogP contribution is -2.51. The van der Waals surface area contributed by atoms with Gasteiger partial charge < -0.3 is 20.1 Å². The Bertz CT molecular complexity index is 901. The number of nitrogens with zero attached hydrogens (tertiary/aromatic N) is 1. The Morgan fingerprint density at radius 1 is 1.10 bits per heavy atom. The Labute approximate surface area is 185 Å². The Morgan fingerprint density at radius 2 is 1.68 bits per heavy atom. The Morgan fingerprint density at radius 3 is 2.16 bits per heavy atom. The van der Waals surface area contributed by atoms with Crippen LogP contribution in [0.5, 0.6) is 0 Å². The van der Waals surface area contributed by atoms with Gasteiger partial charge in [0.2, 0.25) is 0 Å². The molecule has 0 radical (unpaired) electrons. The van der Waals surface area contributed by atoms with E-state index in [4.69, 9.17) is 4.74 Å². The van der Waals surface area contributed by atoms with E-state index in [1.165, 1.54) is 23.7 Å². The van der Waals surface area contributed by atoms with E-state index >= 15 is 0 Å². The van der Waals surface area contributed by atoms with E-state index in [1.54, 1.807) is 5.41 Å². The van der Waals surface area contributed by atoms with Gasteiger partial charge in [0.1, 0.15) is 11.4 Å². The van der Waals surface area contributed by atoms with Crippen LogP contribution >= 0.6 is 11.8 Å². The van der Waals surface area contributed by atoms with Crippen molar-refractivity contribution in [2.24, 2.45) is 0 Å². The van der Waals surface area contributed by atoms with Crippen LogP contribution in [-0.4, -0.2) is 46.4 Å². The van der Waals surface area contributed by atoms with Crippen LogP contribution in [-0.2, 0) is 14.3 Å². The second kappa shape index (κ2) is 10.2. The molecule has 0 saturated carbocycles. The van der Waals surface area contributed by atoms with E-state index in [0.29, 0.717) is 6.42 Å². The van der Waals surface area contributed by atoms with Crippen LogP contribution in [0.15, 0.2) is 72.1 Å². The average Bonchev–Trinajstić information content (AvgIpc) is 3.20. The largest absolute Gasteiger partial charge is 0.481 e. The maximum absolute atomic E-state index is 12.7. The molecule has 2 N–H and O–H groups in total. The third-order valence-electron chi connectivity index (χ3n) is 4.78. The van der Waals surface area contributed by atoms with E-state index in [-0.39, 0.29) is 13.0 Å². The highest BCUT2D eigenvalue weighted by atomic mass is 32.2. The monoisotopic (exact) mass is 440 g/mol. The Balaban J connectivity index is 1.65. The standard InChI is InChI=1S/C23H24N2O5S/c1-25(22(29)24-23(15-19(26)27)13-8-14-31-23)16-20(28)30-21(17-9-4-2-5-10-17)18-11-6-3-7-12-18/h2-12,14,21H,13,15-16H2,1H3,(H,24,29)(H,26,27). The number of hydrogen-bond donors (Lipinski definition) is 2. The van der Waals surface area contributed by atoms with Crippen LogP contribution in [0, 0.1) is 0 Å². The summed E-state index contributed by atoms with van der Waals surface area (Å²) in [6, 6.07) is 18.2. The molecule has 2 aromatic rings. The van der Waals surface area contributed by atoms with E-state index in [1.807, 2.05) is 66.7 Å². The average molecular weight is 441 g/mol. The number of aliphatic carboxylic acids is 1. The summed E-state index contributed by atoms with van der Waals surface area (Å²) >= 11 is 1.25. The number of hydrogen-bond acceptors (Lipinski definition) is 5. The summed E-state index contributed by atoms with van der Waals surface area (Å²) < 4.78 is 5.73. The summed E-state index contributed by atoms with van der Waals surface area (Å²) in [5, 5.41) is 13.7. The van der Waals surface area contributed by atoms with Crippen LogP contribution in [0.2, 0.25) is 0 Å². The summed E-state index contributed by atoms with van der Waals surface area (Å²) in [4.78, 5) is 36.7. The molecular weight excluding hydrogens is 416 g/mol. The van der Waals surface area contributed by atoms with Gasteiger partial charge in [0.25, 0.3) is 0 Å². The minimum atomic E-state index is -1.01. The number of rotatable bonds is 8. The first-order valence-corrected chi connectivity index (χ1v) is 10.6. The predicted molar refractivity (Wildman–Crippen MR) is 118 cm³/mol. The second-order valence-electron chi connectivity index (χ2n) is 7.24. The van der Waals surface area contributed by atoms with Gasteiger partial charge in [-0.25, -0.2) is 4.79 Å². The summed E-state index contributed by atoms with van der Waals surface area (Å²) in [5.74, 6) is -1.58. The fraction of sp³-hybridized carbons (Fsp3) is 0.261. The number of urea groups is 1. The lowest BCUT2D eigenvalue weighted by molar-refractivity contribution is -0.148. The minimum Gasteiger partial charge on any atom is -0.481 e. The van der Waals surface area contributed by atoms with Crippen molar-refractivity contribution in [2.45, 2.75) is 23.8 Å². The maximum Gasteiger partial charge on any atom is 0.326 e. The van der Waals surface area contributed by atoms with Gasteiger partial charge in [0.05, 0.1) is 6.42 Å². The minimum absolute atomic E-state index is 0.223. The normalized spacial score (nSPS) is 17.4. The zero-order valence-electron chi connectivity index (χ0n) is 17.1. The summed E-state index contributed by atoms with van der Waals surface area (Å²) in [7, 11) is 1.47. The Hall–Kier alpha value is -3.26. The molecule has 2 amide bonds. The van der Waals surface area contributed by atoms with Crippen molar-refractivity contribution in [3.05, 3.63) is 83.3 Å². The molecule has 1 atom stereocenters. The Kier molecular flexibility index (Phi) is 7.36. The third-order valence-corrected chi connectivity index (χ3v) is 5.97. The van der Waals surface area contributed by atoms with E-state index in [2.05, 4.69) is 5.32 Å². The van der Waals surface area contributed by atoms with Crippen molar-refractivity contribution in [2.75, 3.05) is 13.6 Å². The van der Waals surface area contributed by atoms with Crippen LogP contribution in [0.1, 0.15) is 30.1 Å². The lowest BCUT2D eigenvalue weighted by atomic mass is 10.0. The van der Waals surface area contributed by atoms with Gasteiger partial charge in [-0.15, -0.1) is 11.8 Å². The molecule has 0 spiro atoms. The van der Waals surface area contributed by atoms with E-state index in [0.717, 1.165) is 11.1 Å². The number of ether oxygens (including phenoxy) is 1. The zero-order chi connectivity index (χ0) is 22.3. The van der Waals surface area contributed by atoms with E-state index < -0.39 is 28.9 Å². The molecule has 0 fully saturated rings. The molecule has 0 aromatic heterocycles. The van der Waals surface area contributed by atoms with Gasteiger partial charge in [0.15, 0.2) is 6.10 Å². The van der Waals surface area contributed by atoms with Gasteiger partial charge in [-0.2, -0.15) is 0 Å². The number of carboxylic acids is 1. The lowest BCUT2D eigenvalue weighted by Gasteiger charge is -2.30. The van der Waals surface area contributed by atoms with Crippen molar-refractivity contribution < 1.29 is 24.2 Å². The maximum atomic E-state index is 12.7. The number of likely N-dealkylation sites (N-methyl/N-ethyl adjacent to an activating group) is 1. The molecule has 0 bridgehead atoms. The SMILES string of the molecule is CN(CC(=O)OC(c1ccccc1)c1ccccc1)C(=O)NC1(CC(=O)O)CC=CS1. The first kappa shape index (κ1) is 22.4. The number of benzene rings is 2. The molecular formula is C23H24N2O5S. The molecule has 8 heteroatoms. The van der Waals surface area contributed by atoms with Crippen LogP contribution in [0.25, 0.3) is 0 Å². The van der Waals surface area contributed by atoms with Crippen LogP contribution in [0.4, 0.5) is 4.79 Å². The number of nitrogens with one attached hydrogen (secondary N) is 1. The molecule has 1 unspecified atom stereocenters. The molecule has 0 saturated heterocycles. The van der Waals surface area contributed by atoms with Crippen molar-refractivity contribution in [1.29, 1.82) is 0 Å². The molecule has 3 rings (SSSR count). The van der Waals surface area contributed by atoms with Gasteiger partial charge in [-0.05, 0) is 23.0 Å². The van der Waals surface area contributed by atoms with E-state index in [9.17, 15) is 19.5 Å². The summed E-state index contributed by atoms with van der Waals surface area (Å²) in [5.41, 5.74) is 1.64. The highest BCUT2D eigenvalue weighted by Gasteiger charge is 2.37. The number of carboxylic acid groups (broad SMARTS) is 1. The number of carbonyl (C=O) groups is 3. The van der Waals surface area contributed by atoms with Gasteiger partial charge in [0, 0.05) is 7.05 Å². The van der Waals surface area contributed by atoms with Crippen LogP contribution in [0.3, 0.4) is 0 Å². The van der Waals surface area contributed by atoms with Crippen molar-refractivity contribution in [1.82, 2.24) is 10.2 Å². The topological polar surface area (TPSA) is 95.9 Å². The third kappa shape index (κ3) is 6.11. The molecule has 1 aliphatic heterocycles. The fourth-order valence-corrected chi connectivity index (χ4v) is 4.25. The summed E-state index contributed by atoms with van der Waals surface area (Å²) in [6.07, 6.45) is 1.39. The number of esters is 1. The smallest absolute Gasteiger partial charge is 0.326 e. The molecule has 2 aromatic carbocycles.